The highest BCUT2D eigenvalue weighted by atomic mass is 32.2. The molecule has 0 bridgehead atoms. The van der Waals surface area contributed by atoms with Gasteiger partial charge in [0.25, 0.3) is 9.84 Å². The summed E-state index contributed by atoms with van der Waals surface area (Å²) in [4.78, 5) is -0.706. The van der Waals surface area contributed by atoms with Crippen LogP contribution >= 0.6 is 0 Å². The van der Waals surface area contributed by atoms with Gasteiger partial charge >= 0.3 is 5.51 Å². The molecule has 0 aromatic rings. The largest absolute Gasteiger partial charge is 0.501 e. The molecule has 0 aliphatic heterocycles. The van der Waals surface area contributed by atoms with Crippen molar-refractivity contribution in [1.82, 2.24) is 0 Å². The van der Waals surface area contributed by atoms with Crippen molar-refractivity contribution < 1.29 is 26.7 Å². The number of hydrogen-bond donors (Lipinski definition) is 1. The number of rotatable bonds is 1. The number of allylic oxidation sites excluding steroid dienone is 3. The Morgan fingerprint density at radius 1 is 1.29 bits per heavy atom. The van der Waals surface area contributed by atoms with Crippen molar-refractivity contribution in [3.63, 3.8) is 0 Å². The van der Waals surface area contributed by atoms with E-state index >= 15 is 0 Å². The molecule has 2 rings (SSSR count). The summed E-state index contributed by atoms with van der Waals surface area (Å²) in [6.45, 7) is 0. The third-order valence-electron chi connectivity index (χ3n) is 3.23. The molecule has 3 nitrogen and oxygen atoms in total. The van der Waals surface area contributed by atoms with Gasteiger partial charge in [-0.15, -0.1) is 0 Å². The Morgan fingerprint density at radius 3 is 2.53 bits per heavy atom. The maximum Gasteiger partial charge on any atom is 0.501 e. The Kier molecular flexibility index (Phi) is 2.86. The fourth-order valence-corrected chi connectivity index (χ4v) is 3.65. The first-order chi connectivity index (χ1) is 7.75. The second-order valence-corrected chi connectivity index (χ2v) is 6.18. The molecule has 3 atom stereocenters. The first-order valence-corrected chi connectivity index (χ1v) is 6.61. The second kappa shape index (κ2) is 3.84. The standard InChI is InChI=1S/C10H11F3O3S/c11-10(12,13)17(15,16)8-3-1-2-6-4-5-7(14)9(6)8/h1-3,6-7,9,14H,4-5H2. The van der Waals surface area contributed by atoms with Gasteiger partial charge in [-0.2, -0.15) is 13.2 Å². The van der Waals surface area contributed by atoms with E-state index < -0.39 is 32.3 Å². The van der Waals surface area contributed by atoms with E-state index in [1.807, 2.05) is 0 Å². The normalized spacial score (nSPS) is 33.4. The Balaban J connectivity index is 2.45. The lowest BCUT2D eigenvalue weighted by molar-refractivity contribution is -0.0431. The minimum Gasteiger partial charge on any atom is -0.392 e. The molecule has 2 aliphatic carbocycles. The lowest BCUT2D eigenvalue weighted by Gasteiger charge is -2.25. The van der Waals surface area contributed by atoms with Gasteiger partial charge in [-0.25, -0.2) is 8.42 Å². The van der Waals surface area contributed by atoms with Gasteiger partial charge < -0.3 is 5.11 Å². The van der Waals surface area contributed by atoms with Gasteiger partial charge in [-0.3, -0.25) is 0 Å². The van der Waals surface area contributed by atoms with Crippen LogP contribution in [0, 0.1) is 11.8 Å². The van der Waals surface area contributed by atoms with Crippen molar-refractivity contribution in [3.8, 4) is 0 Å². The van der Waals surface area contributed by atoms with Crippen LogP contribution in [0.2, 0.25) is 0 Å². The SMILES string of the molecule is O=S(=O)(C1=CC=CC2CCC(O)C12)C(F)(F)F. The average molecular weight is 268 g/mol. The summed E-state index contributed by atoms with van der Waals surface area (Å²) in [5.74, 6) is -1.27. The number of aliphatic hydroxyl groups excluding tert-OH is 1. The van der Waals surface area contributed by atoms with E-state index in [4.69, 9.17) is 0 Å². The van der Waals surface area contributed by atoms with Crippen LogP contribution < -0.4 is 0 Å². The molecule has 0 spiro atoms. The lowest BCUT2D eigenvalue weighted by atomic mass is 9.90. The molecule has 3 unspecified atom stereocenters. The van der Waals surface area contributed by atoms with Gasteiger partial charge in [0.2, 0.25) is 0 Å². The van der Waals surface area contributed by atoms with E-state index in [1.54, 1.807) is 6.08 Å². The van der Waals surface area contributed by atoms with Crippen molar-refractivity contribution in [2.45, 2.75) is 24.5 Å². The van der Waals surface area contributed by atoms with Gasteiger partial charge in [-0.05, 0) is 24.8 Å². The molecule has 1 saturated carbocycles. The number of fused-ring (bicyclic) bond motifs is 1. The van der Waals surface area contributed by atoms with E-state index in [1.165, 1.54) is 6.08 Å². The lowest BCUT2D eigenvalue weighted by Crippen LogP contribution is -2.33. The topological polar surface area (TPSA) is 54.4 Å². The van der Waals surface area contributed by atoms with Gasteiger partial charge in [0, 0.05) is 5.92 Å². The molecule has 2 aliphatic rings. The zero-order valence-electron chi connectivity index (χ0n) is 8.68. The maximum absolute atomic E-state index is 12.5. The molecular weight excluding hydrogens is 257 g/mol. The maximum atomic E-state index is 12.5. The Morgan fingerprint density at radius 2 is 1.94 bits per heavy atom. The second-order valence-electron chi connectivity index (χ2n) is 4.24. The molecule has 0 saturated heterocycles. The molecule has 0 heterocycles. The summed E-state index contributed by atoms with van der Waals surface area (Å²) < 4.78 is 60.1. The number of halogens is 3. The number of sulfone groups is 1. The van der Waals surface area contributed by atoms with Crippen molar-refractivity contribution in [2.75, 3.05) is 0 Å². The van der Waals surface area contributed by atoms with Gasteiger partial charge in [0.15, 0.2) is 0 Å². The molecule has 0 radical (unpaired) electrons. The molecule has 17 heavy (non-hydrogen) atoms. The van der Waals surface area contributed by atoms with Crippen LogP contribution in [0.15, 0.2) is 23.1 Å². The molecule has 7 heteroatoms. The molecule has 0 aromatic heterocycles. The monoisotopic (exact) mass is 268 g/mol. The third kappa shape index (κ3) is 1.91. The Bertz CT molecular complexity index is 476. The van der Waals surface area contributed by atoms with Crippen molar-refractivity contribution in [3.05, 3.63) is 23.1 Å². The van der Waals surface area contributed by atoms with Gasteiger partial charge in [0.05, 0.1) is 11.0 Å². The quantitative estimate of drug-likeness (QED) is 0.788. The fraction of sp³-hybridized carbons (Fsp3) is 0.600. The van der Waals surface area contributed by atoms with E-state index in [2.05, 4.69) is 0 Å². The van der Waals surface area contributed by atoms with Crippen molar-refractivity contribution in [2.24, 2.45) is 11.8 Å². The Labute approximate surface area is 96.5 Å². The summed E-state index contributed by atoms with van der Waals surface area (Å²) in [7, 11) is -5.34. The highest BCUT2D eigenvalue weighted by Gasteiger charge is 2.53. The molecule has 0 aromatic carbocycles. The molecular formula is C10H11F3O3S. The summed E-state index contributed by atoms with van der Waals surface area (Å²) in [5.41, 5.74) is -5.31. The summed E-state index contributed by atoms with van der Waals surface area (Å²) in [5, 5.41) is 9.62. The van der Waals surface area contributed by atoms with E-state index in [0.29, 0.717) is 12.8 Å². The van der Waals surface area contributed by atoms with Crippen LogP contribution in [-0.2, 0) is 9.84 Å². The van der Waals surface area contributed by atoms with Crippen LogP contribution in [-0.4, -0.2) is 25.1 Å². The van der Waals surface area contributed by atoms with Crippen LogP contribution in [0.1, 0.15) is 12.8 Å². The zero-order chi connectivity index (χ0) is 12.8. The molecule has 1 fully saturated rings. The smallest absolute Gasteiger partial charge is 0.392 e. The third-order valence-corrected chi connectivity index (χ3v) is 4.87. The molecule has 0 amide bonds. The first-order valence-electron chi connectivity index (χ1n) is 5.13. The zero-order valence-corrected chi connectivity index (χ0v) is 9.50. The predicted octanol–water partition coefficient (Wildman–Crippen LogP) is 1.76. The average Bonchev–Trinajstić information content (AvgIpc) is 2.59. The highest BCUT2D eigenvalue weighted by Crippen LogP contribution is 2.45. The van der Waals surface area contributed by atoms with Crippen LogP contribution in [0.3, 0.4) is 0 Å². The minimum atomic E-state index is -5.34. The summed E-state index contributed by atoms with van der Waals surface area (Å²) in [6.07, 6.45) is 3.72. The van der Waals surface area contributed by atoms with Crippen molar-refractivity contribution in [1.29, 1.82) is 0 Å². The van der Waals surface area contributed by atoms with Gasteiger partial charge in [0.1, 0.15) is 0 Å². The van der Waals surface area contributed by atoms with E-state index in [-0.39, 0.29) is 5.92 Å². The molecule has 96 valence electrons. The number of hydrogen-bond acceptors (Lipinski definition) is 3. The van der Waals surface area contributed by atoms with Crippen molar-refractivity contribution >= 4 is 9.84 Å². The van der Waals surface area contributed by atoms with Crippen LogP contribution in [0.4, 0.5) is 13.2 Å². The van der Waals surface area contributed by atoms with Crippen LogP contribution in [0.25, 0.3) is 0 Å². The van der Waals surface area contributed by atoms with E-state index in [9.17, 15) is 26.7 Å². The number of aliphatic hydroxyl groups is 1. The number of alkyl halides is 3. The van der Waals surface area contributed by atoms with E-state index in [0.717, 1.165) is 6.08 Å². The summed E-state index contributed by atoms with van der Waals surface area (Å²) >= 11 is 0. The van der Waals surface area contributed by atoms with Crippen LogP contribution in [0.5, 0.6) is 0 Å². The first kappa shape index (κ1) is 12.6. The predicted molar refractivity (Wildman–Crippen MR) is 54.4 cm³/mol. The highest BCUT2D eigenvalue weighted by molar-refractivity contribution is 7.96. The summed E-state index contributed by atoms with van der Waals surface area (Å²) in [6, 6.07) is 0. The fourth-order valence-electron chi connectivity index (χ4n) is 2.43. The Hall–Kier alpha value is -0.820. The van der Waals surface area contributed by atoms with Gasteiger partial charge in [-0.1, -0.05) is 12.2 Å². The minimum absolute atomic E-state index is 0.317. The molecule has 1 N–H and O–H groups in total.